The number of ether oxygens (including phenoxy) is 1. The summed E-state index contributed by atoms with van der Waals surface area (Å²) in [6, 6.07) is 28.2. The molecule has 6 rings (SSSR count). The number of methoxy groups -OCH3 is 1. The molecule has 4 N–H and O–H groups in total. The number of aromatic amines is 2. The standard InChI is InChI=1S/C18H19ClN4OS.C16H15ClN4S.CH4/c1-11-9-13(7-8-16(11)24-3)25-17-6-4-5-15(19)14(17)10-20-18-21-12(2)22-23-18;1-11-19-16(21-20-11)18-10-13-14(17)8-5-9-15(13)22-12-6-3-2-4-7-12;/h4-9H,10H2,1-3H3,(H2,20,21,22,23);2-9H,10H2,1H3,(H2,18,19,20,21);1H4. The van der Waals surface area contributed by atoms with Crippen LogP contribution in [0.4, 0.5) is 11.9 Å². The van der Waals surface area contributed by atoms with E-state index in [1.54, 1.807) is 30.6 Å². The lowest BCUT2D eigenvalue weighted by Gasteiger charge is -2.12. The molecule has 48 heavy (non-hydrogen) atoms. The highest BCUT2D eigenvalue weighted by molar-refractivity contribution is 7.99. The number of hydrogen-bond acceptors (Lipinski definition) is 9. The van der Waals surface area contributed by atoms with Gasteiger partial charge in [0.05, 0.1) is 7.11 Å². The van der Waals surface area contributed by atoms with Gasteiger partial charge < -0.3 is 15.4 Å². The van der Waals surface area contributed by atoms with Crippen molar-refractivity contribution in [3.63, 3.8) is 0 Å². The van der Waals surface area contributed by atoms with Gasteiger partial charge >= 0.3 is 0 Å². The maximum absolute atomic E-state index is 6.42. The number of nitrogens with one attached hydrogen (secondary N) is 4. The lowest BCUT2D eigenvalue weighted by atomic mass is 10.2. The summed E-state index contributed by atoms with van der Waals surface area (Å²) in [6.07, 6.45) is 0. The molecule has 0 saturated carbocycles. The fourth-order valence-electron chi connectivity index (χ4n) is 4.45. The molecule has 9 nitrogen and oxygen atoms in total. The van der Waals surface area contributed by atoms with E-state index in [0.29, 0.717) is 25.0 Å². The topological polar surface area (TPSA) is 116 Å². The smallest absolute Gasteiger partial charge is 0.242 e. The highest BCUT2D eigenvalue weighted by Gasteiger charge is 2.12. The van der Waals surface area contributed by atoms with E-state index in [4.69, 9.17) is 27.9 Å². The third kappa shape index (κ3) is 10.2. The molecule has 6 aromatic rings. The maximum Gasteiger partial charge on any atom is 0.242 e. The maximum atomic E-state index is 6.42. The Balaban J connectivity index is 0.000000214. The zero-order chi connectivity index (χ0) is 33.2. The summed E-state index contributed by atoms with van der Waals surface area (Å²) in [5.74, 6) is 3.57. The van der Waals surface area contributed by atoms with Crippen molar-refractivity contribution >= 4 is 58.6 Å². The van der Waals surface area contributed by atoms with Crippen molar-refractivity contribution in [3.05, 3.63) is 123 Å². The molecular weight excluding hydrogens is 683 g/mol. The second-order valence-electron chi connectivity index (χ2n) is 10.3. The van der Waals surface area contributed by atoms with E-state index < -0.39 is 0 Å². The fourth-order valence-corrected chi connectivity index (χ4v) is 7.12. The summed E-state index contributed by atoms with van der Waals surface area (Å²) in [4.78, 5) is 13.0. The van der Waals surface area contributed by atoms with Crippen molar-refractivity contribution in [1.29, 1.82) is 0 Å². The highest BCUT2D eigenvalue weighted by Crippen LogP contribution is 2.36. The number of aromatic nitrogens is 6. The normalized spacial score (nSPS) is 10.5. The zero-order valence-corrected chi connectivity index (χ0v) is 29.4. The Morgan fingerprint density at radius 2 is 1.19 bits per heavy atom. The molecule has 0 bridgehead atoms. The van der Waals surface area contributed by atoms with Crippen molar-refractivity contribution < 1.29 is 4.74 Å². The molecule has 0 unspecified atom stereocenters. The molecule has 13 heteroatoms. The van der Waals surface area contributed by atoms with E-state index in [1.807, 2.05) is 75.4 Å². The van der Waals surface area contributed by atoms with Crippen LogP contribution in [0.5, 0.6) is 5.75 Å². The molecule has 0 radical (unpaired) electrons. The third-order valence-corrected chi connectivity index (χ3v) is 9.67. The van der Waals surface area contributed by atoms with Gasteiger partial charge in [-0.2, -0.15) is 9.97 Å². The van der Waals surface area contributed by atoms with E-state index in [1.165, 1.54) is 4.90 Å². The first-order valence-electron chi connectivity index (χ1n) is 14.6. The molecule has 0 amide bonds. The molecular formula is C35H38Cl2N8OS2. The molecule has 0 aliphatic carbocycles. The number of rotatable bonds is 11. The van der Waals surface area contributed by atoms with E-state index in [9.17, 15) is 0 Å². The Morgan fingerprint density at radius 3 is 1.65 bits per heavy atom. The van der Waals surface area contributed by atoms with Crippen LogP contribution >= 0.6 is 46.7 Å². The van der Waals surface area contributed by atoms with Crippen LogP contribution < -0.4 is 15.4 Å². The van der Waals surface area contributed by atoms with Gasteiger partial charge in [-0.25, -0.2) is 0 Å². The van der Waals surface area contributed by atoms with Gasteiger partial charge in [-0.05, 0) is 80.9 Å². The van der Waals surface area contributed by atoms with E-state index in [-0.39, 0.29) is 7.43 Å². The minimum atomic E-state index is 0. The Morgan fingerprint density at radius 1 is 0.667 bits per heavy atom. The molecule has 0 aliphatic heterocycles. The van der Waals surface area contributed by atoms with Crippen LogP contribution in [0.3, 0.4) is 0 Å². The largest absolute Gasteiger partial charge is 0.496 e. The number of benzene rings is 4. The molecule has 0 saturated heterocycles. The van der Waals surface area contributed by atoms with Gasteiger partial charge in [0, 0.05) is 53.8 Å². The summed E-state index contributed by atoms with van der Waals surface area (Å²) < 4.78 is 5.33. The Bertz CT molecular complexity index is 1920. The molecule has 2 heterocycles. The summed E-state index contributed by atoms with van der Waals surface area (Å²) in [5.41, 5.74) is 3.16. The average molecular weight is 722 g/mol. The van der Waals surface area contributed by atoms with Gasteiger partial charge in [0.1, 0.15) is 17.4 Å². The van der Waals surface area contributed by atoms with Crippen LogP contribution in [0.2, 0.25) is 10.0 Å². The van der Waals surface area contributed by atoms with Crippen molar-refractivity contribution in [3.8, 4) is 5.75 Å². The van der Waals surface area contributed by atoms with Gasteiger partial charge in [0.15, 0.2) is 0 Å². The quantitative estimate of drug-likeness (QED) is 0.104. The van der Waals surface area contributed by atoms with Gasteiger partial charge in [-0.15, -0.1) is 10.2 Å². The van der Waals surface area contributed by atoms with Crippen molar-refractivity contribution in [2.75, 3.05) is 17.7 Å². The van der Waals surface area contributed by atoms with Crippen LogP contribution in [-0.4, -0.2) is 37.5 Å². The zero-order valence-electron chi connectivity index (χ0n) is 26.3. The Kier molecular flexibility index (Phi) is 13.6. The van der Waals surface area contributed by atoms with E-state index in [0.717, 1.165) is 58.8 Å². The molecule has 250 valence electrons. The van der Waals surface area contributed by atoms with Gasteiger partial charge in [0.2, 0.25) is 11.9 Å². The van der Waals surface area contributed by atoms with Gasteiger partial charge in [-0.1, -0.05) is 84.5 Å². The van der Waals surface area contributed by atoms with Crippen molar-refractivity contribution in [1.82, 2.24) is 30.4 Å². The van der Waals surface area contributed by atoms with Crippen LogP contribution in [0.1, 0.15) is 35.8 Å². The average Bonchev–Trinajstić information content (AvgIpc) is 3.68. The summed E-state index contributed by atoms with van der Waals surface area (Å²) >= 11 is 16.2. The number of halogens is 2. The molecule has 4 aromatic carbocycles. The highest BCUT2D eigenvalue weighted by atomic mass is 35.5. The fraction of sp³-hybridized carbons (Fsp3) is 0.200. The predicted octanol–water partition coefficient (Wildman–Crippen LogP) is 10.0. The monoisotopic (exact) mass is 720 g/mol. The van der Waals surface area contributed by atoms with E-state index >= 15 is 0 Å². The molecule has 2 aromatic heterocycles. The van der Waals surface area contributed by atoms with Crippen LogP contribution in [-0.2, 0) is 13.1 Å². The summed E-state index contributed by atoms with van der Waals surface area (Å²) in [7, 11) is 1.68. The minimum Gasteiger partial charge on any atom is -0.496 e. The number of hydrogen-bond donors (Lipinski definition) is 4. The van der Waals surface area contributed by atoms with Gasteiger partial charge in [0.25, 0.3) is 0 Å². The number of nitrogens with zero attached hydrogens (tertiary/aromatic N) is 4. The van der Waals surface area contributed by atoms with E-state index in [2.05, 4.69) is 71.3 Å². The Labute approximate surface area is 300 Å². The molecule has 0 aliphatic rings. The van der Waals surface area contributed by atoms with Crippen LogP contribution in [0.15, 0.2) is 105 Å². The van der Waals surface area contributed by atoms with Crippen LogP contribution in [0.25, 0.3) is 0 Å². The van der Waals surface area contributed by atoms with Crippen molar-refractivity contribution in [2.24, 2.45) is 0 Å². The second-order valence-corrected chi connectivity index (χ2v) is 13.3. The molecule has 0 spiro atoms. The molecule has 0 atom stereocenters. The third-order valence-electron chi connectivity index (χ3n) is 6.76. The Hall–Kier alpha value is -4.16. The van der Waals surface area contributed by atoms with Crippen LogP contribution in [0, 0.1) is 20.8 Å². The summed E-state index contributed by atoms with van der Waals surface area (Å²) in [6.45, 7) is 6.89. The number of anilines is 2. The predicted molar refractivity (Wildman–Crippen MR) is 199 cm³/mol. The van der Waals surface area contributed by atoms with Gasteiger partial charge in [-0.3, -0.25) is 10.2 Å². The lowest BCUT2D eigenvalue weighted by Crippen LogP contribution is -2.03. The molecule has 0 fully saturated rings. The second kappa shape index (κ2) is 17.8. The minimum absolute atomic E-state index is 0. The lowest BCUT2D eigenvalue weighted by molar-refractivity contribution is 0.411. The summed E-state index contributed by atoms with van der Waals surface area (Å²) in [5, 5.41) is 21.7. The number of aryl methyl sites for hydroxylation is 3. The first kappa shape index (κ1) is 36.7. The van der Waals surface area contributed by atoms with Crippen molar-refractivity contribution in [2.45, 2.75) is 60.9 Å². The first-order chi connectivity index (χ1) is 22.8. The number of H-pyrrole nitrogens is 2. The first-order valence-corrected chi connectivity index (χ1v) is 17.0. The SMILES string of the molecule is C.COc1ccc(Sc2cccc(Cl)c2CNc2n[nH]c(C)n2)cc1C.Cc1nc(NCc2c(Cl)cccc2Sc2ccccc2)n[nH]1.